The molecule has 7 heteroatoms. The van der Waals surface area contributed by atoms with E-state index < -0.39 is 11.6 Å². The molecule has 7 nitrogen and oxygen atoms in total. The summed E-state index contributed by atoms with van der Waals surface area (Å²) in [6, 6.07) is 9.25. The molecule has 0 radical (unpaired) electrons. The highest BCUT2D eigenvalue weighted by atomic mass is 16.2. The topological polar surface area (TPSA) is 79.6 Å². The van der Waals surface area contributed by atoms with Crippen LogP contribution in [0.15, 0.2) is 35.4 Å². The van der Waals surface area contributed by atoms with Gasteiger partial charge in [-0.15, -0.1) is 5.01 Å². The van der Waals surface area contributed by atoms with Crippen molar-refractivity contribution in [3.05, 3.63) is 47.3 Å². The van der Waals surface area contributed by atoms with Crippen LogP contribution in [0.1, 0.15) is 37.2 Å². The van der Waals surface area contributed by atoms with Crippen LogP contribution in [0.4, 0.5) is 4.79 Å². The van der Waals surface area contributed by atoms with Gasteiger partial charge in [-0.3, -0.25) is 4.79 Å². The molecule has 2 heterocycles. The Labute approximate surface area is 146 Å². The summed E-state index contributed by atoms with van der Waals surface area (Å²) < 4.78 is 1.82. The van der Waals surface area contributed by atoms with Crippen molar-refractivity contribution in [2.24, 2.45) is 5.10 Å². The molecule has 0 spiro atoms. The third-order valence-corrected chi connectivity index (χ3v) is 4.60. The molecule has 1 aliphatic heterocycles. The molecular formula is C18H21N5O2. The predicted molar refractivity (Wildman–Crippen MR) is 94.7 cm³/mol. The average Bonchev–Trinajstić information content (AvgIpc) is 3.01. The molecule has 1 atom stereocenters. The van der Waals surface area contributed by atoms with Crippen LogP contribution in [-0.4, -0.2) is 38.5 Å². The Hall–Kier alpha value is -2.96. The number of imide groups is 1. The number of hydrazone groups is 1. The predicted octanol–water partition coefficient (Wildman–Crippen LogP) is 2.54. The molecule has 2 aromatic rings. The van der Waals surface area contributed by atoms with Gasteiger partial charge in [-0.2, -0.15) is 10.2 Å². The maximum atomic E-state index is 12.4. The molecule has 3 rings (SSSR count). The number of benzene rings is 1. The Morgan fingerprint density at radius 2 is 1.92 bits per heavy atom. The van der Waals surface area contributed by atoms with Gasteiger partial charge in [-0.1, -0.05) is 25.1 Å². The first-order chi connectivity index (χ1) is 11.9. The fourth-order valence-corrected chi connectivity index (χ4v) is 2.79. The third-order valence-electron chi connectivity index (χ3n) is 4.60. The molecule has 0 bridgehead atoms. The van der Waals surface area contributed by atoms with Gasteiger partial charge < -0.3 is 5.32 Å². The molecule has 3 amide bonds. The number of nitrogens with zero attached hydrogens (tertiary/aromatic N) is 4. The van der Waals surface area contributed by atoms with E-state index in [1.54, 1.807) is 6.92 Å². The van der Waals surface area contributed by atoms with Gasteiger partial charge in [0.05, 0.1) is 23.3 Å². The van der Waals surface area contributed by atoms with Crippen molar-refractivity contribution in [1.29, 1.82) is 0 Å². The zero-order valence-electron chi connectivity index (χ0n) is 14.8. The first-order valence-electron chi connectivity index (χ1n) is 8.19. The first-order valence-corrected chi connectivity index (χ1v) is 8.19. The Balaban J connectivity index is 1.92. The molecular weight excluding hydrogens is 318 g/mol. The molecule has 0 saturated carbocycles. The van der Waals surface area contributed by atoms with Crippen LogP contribution >= 0.6 is 0 Å². The number of nitrogens with one attached hydrogen (secondary N) is 1. The van der Waals surface area contributed by atoms with E-state index in [-0.39, 0.29) is 5.91 Å². The second-order valence-electron chi connectivity index (χ2n) is 6.31. The lowest BCUT2D eigenvalue weighted by atomic mass is 10.00. The summed E-state index contributed by atoms with van der Waals surface area (Å²) in [5, 5.41) is 12.2. The fraction of sp³-hybridized carbons (Fsp3) is 0.333. The van der Waals surface area contributed by atoms with E-state index >= 15 is 0 Å². The number of aryl methyl sites for hydroxylation is 1. The quantitative estimate of drug-likeness (QED) is 0.687. The second kappa shape index (κ2) is 6.16. The Morgan fingerprint density at radius 1 is 1.24 bits per heavy atom. The summed E-state index contributed by atoms with van der Waals surface area (Å²) in [5.74, 6) is -0.345. The Bertz CT molecular complexity index is 856. The highest BCUT2D eigenvalue weighted by molar-refractivity contribution is 6.07. The van der Waals surface area contributed by atoms with Gasteiger partial charge in [0.15, 0.2) is 0 Å². The lowest BCUT2D eigenvalue weighted by Gasteiger charge is -2.17. The van der Waals surface area contributed by atoms with E-state index in [9.17, 15) is 9.59 Å². The minimum atomic E-state index is -0.896. The highest BCUT2D eigenvalue weighted by Gasteiger charge is 2.46. The Kier molecular flexibility index (Phi) is 4.16. The second-order valence-corrected chi connectivity index (χ2v) is 6.31. The van der Waals surface area contributed by atoms with Gasteiger partial charge in [0, 0.05) is 5.56 Å². The maximum Gasteiger partial charge on any atom is 0.346 e. The number of hydrogen-bond donors (Lipinski definition) is 1. The third kappa shape index (κ3) is 2.82. The van der Waals surface area contributed by atoms with Crippen LogP contribution in [0.2, 0.25) is 0 Å². The number of hydrogen-bond acceptors (Lipinski definition) is 4. The molecule has 25 heavy (non-hydrogen) atoms. The van der Waals surface area contributed by atoms with Crippen LogP contribution in [-0.2, 0) is 4.79 Å². The van der Waals surface area contributed by atoms with Gasteiger partial charge in [0.25, 0.3) is 5.91 Å². The fourth-order valence-electron chi connectivity index (χ4n) is 2.79. The molecule has 1 aromatic carbocycles. The molecule has 1 aromatic heterocycles. The number of aromatic nitrogens is 2. The number of carbonyl (C=O) groups excluding carboxylic acids is 2. The number of para-hydroxylation sites is 1. The standard InChI is InChI=1S/C18H21N5O2/c1-5-18(4)16(24)23(17(25)20-18)19-11-15-12(2)21-22(13(15)3)14-9-7-6-8-10-14/h6-11H,5H2,1-4H3,(H,20,25)/b19-11+. The van der Waals surface area contributed by atoms with Crippen LogP contribution < -0.4 is 5.32 Å². The summed E-state index contributed by atoms with van der Waals surface area (Å²) in [4.78, 5) is 24.4. The van der Waals surface area contributed by atoms with Crippen molar-refractivity contribution >= 4 is 18.2 Å². The summed E-state index contributed by atoms with van der Waals surface area (Å²) in [6.45, 7) is 7.35. The number of urea groups is 1. The van der Waals surface area contributed by atoms with Gasteiger partial charge in [-0.25, -0.2) is 9.48 Å². The minimum absolute atomic E-state index is 0.345. The number of amides is 3. The van der Waals surface area contributed by atoms with Crippen LogP contribution in [0.3, 0.4) is 0 Å². The zero-order chi connectivity index (χ0) is 18.2. The first kappa shape index (κ1) is 16.9. The van der Waals surface area contributed by atoms with Crippen molar-refractivity contribution in [1.82, 2.24) is 20.1 Å². The normalized spacial score (nSPS) is 20.6. The van der Waals surface area contributed by atoms with Crippen LogP contribution in [0, 0.1) is 13.8 Å². The number of carbonyl (C=O) groups is 2. The van der Waals surface area contributed by atoms with E-state index in [1.807, 2.05) is 55.8 Å². The van der Waals surface area contributed by atoms with E-state index in [2.05, 4.69) is 15.5 Å². The lowest BCUT2D eigenvalue weighted by molar-refractivity contribution is -0.130. The van der Waals surface area contributed by atoms with E-state index in [0.29, 0.717) is 6.42 Å². The van der Waals surface area contributed by atoms with Crippen LogP contribution in [0.5, 0.6) is 0 Å². The van der Waals surface area contributed by atoms with Gasteiger partial charge in [0.2, 0.25) is 0 Å². The molecule has 0 aliphatic carbocycles. The van der Waals surface area contributed by atoms with E-state index in [1.165, 1.54) is 6.21 Å². The monoisotopic (exact) mass is 339 g/mol. The van der Waals surface area contributed by atoms with Crippen molar-refractivity contribution in [3.63, 3.8) is 0 Å². The van der Waals surface area contributed by atoms with Crippen molar-refractivity contribution in [2.75, 3.05) is 0 Å². The molecule has 1 N–H and O–H groups in total. The Morgan fingerprint density at radius 3 is 2.52 bits per heavy atom. The number of rotatable bonds is 4. The zero-order valence-corrected chi connectivity index (χ0v) is 14.8. The lowest BCUT2D eigenvalue weighted by Crippen LogP contribution is -2.42. The highest BCUT2D eigenvalue weighted by Crippen LogP contribution is 2.22. The van der Waals surface area contributed by atoms with E-state index in [0.717, 1.165) is 27.6 Å². The van der Waals surface area contributed by atoms with Gasteiger partial charge in [-0.05, 0) is 39.3 Å². The molecule has 1 saturated heterocycles. The summed E-state index contributed by atoms with van der Waals surface area (Å²) in [6.07, 6.45) is 2.03. The summed E-state index contributed by atoms with van der Waals surface area (Å²) >= 11 is 0. The van der Waals surface area contributed by atoms with Gasteiger partial charge >= 0.3 is 6.03 Å². The molecule has 1 unspecified atom stereocenters. The van der Waals surface area contributed by atoms with Crippen LogP contribution in [0.25, 0.3) is 5.69 Å². The molecule has 130 valence electrons. The largest absolute Gasteiger partial charge is 0.346 e. The van der Waals surface area contributed by atoms with Crippen molar-refractivity contribution < 1.29 is 9.59 Å². The smallest absolute Gasteiger partial charge is 0.322 e. The molecule has 1 fully saturated rings. The average molecular weight is 339 g/mol. The maximum absolute atomic E-state index is 12.4. The SMILES string of the molecule is CCC1(C)NC(=O)N(/N=C/c2c(C)nn(-c3ccccc3)c2C)C1=O. The molecule has 1 aliphatic rings. The minimum Gasteiger partial charge on any atom is -0.322 e. The van der Waals surface area contributed by atoms with Crippen molar-refractivity contribution in [2.45, 2.75) is 39.7 Å². The summed E-state index contributed by atoms with van der Waals surface area (Å²) in [7, 11) is 0. The summed E-state index contributed by atoms with van der Waals surface area (Å²) in [5.41, 5.74) is 2.49. The van der Waals surface area contributed by atoms with Gasteiger partial charge in [0.1, 0.15) is 5.54 Å². The van der Waals surface area contributed by atoms with Crippen molar-refractivity contribution in [3.8, 4) is 5.69 Å². The van der Waals surface area contributed by atoms with E-state index in [4.69, 9.17) is 0 Å².